The molecule has 0 radical (unpaired) electrons. The zero-order chi connectivity index (χ0) is 106. The minimum Gasteiger partial charge on any atom is -1.00 e. The van der Waals surface area contributed by atoms with Crippen LogP contribution >= 0.6 is 90.4 Å². The topological polar surface area (TPSA) is 183 Å². The summed E-state index contributed by atoms with van der Waals surface area (Å²) in [6.07, 6.45) is 15.4. The molecule has 2 saturated heterocycles. The summed E-state index contributed by atoms with van der Waals surface area (Å²) in [5.74, 6) is -24.1. The van der Waals surface area contributed by atoms with E-state index in [0.29, 0.717) is 87.5 Å². The van der Waals surface area contributed by atoms with Gasteiger partial charge in [-0.2, -0.15) is 52.7 Å². The van der Waals surface area contributed by atoms with Crippen molar-refractivity contribution in [2.24, 2.45) is 82.9 Å². The van der Waals surface area contributed by atoms with Gasteiger partial charge in [0, 0.05) is 54.2 Å². The van der Waals surface area contributed by atoms with Crippen molar-refractivity contribution in [1.82, 2.24) is 0 Å². The lowest BCUT2D eigenvalue weighted by Crippen LogP contribution is -3.61. The molecule has 6 aromatic rings. The van der Waals surface area contributed by atoms with Crippen LogP contribution in [0, 0.1) is 132 Å². The molecular formula is C112H135ClF12I6NO16+3. The van der Waals surface area contributed by atoms with Crippen molar-refractivity contribution in [2.45, 2.75) is 306 Å². The number of benzene rings is 6. The lowest BCUT2D eigenvalue weighted by atomic mass is 9.50. The van der Waals surface area contributed by atoms with Gasteiger partial charge in [0.25, 0.3) is 0 Å². The van der Waals surface area contributed by atoms with Crippen molar-refractivity contribution in [3.05, 3.63) is 167 Å². The molecule has 16 saturated carbocycles. The van der Waals surface area contributed by atoms with Crippen LogP contribution in [0.2, 0.25) is 0 Å². The Bertz CT molecular complexity index is 5290. The predicted octanol–water partition coefficient (Wildman–Crippen LogP) is 17.4. The summed E-state index contributed by atoms with van der Waals surface area (Å²) < 4.78 is 241. The minimum absolute atomic E-state index is 0. The SMILES string of the molecule is CC(F)(F)C(=O)OC12CC3CC(C1)C1(OCC(F)(F)C(F)(F)CO1)C(C3)C2.CC(F)(F)C(=O)OC12CC3CC(C1)C1(OCC(F)(F)C(F)(F)CO1)C(C3)C2.CC[NH+](CC)CC.Cc1cc(Oc2cc(I)c(OCC(=O)OC3(C)C4CC5CC(C4)CC3C5)cc2I)ccc1[I+]c1ccc(C(C)(C)C)cc1.[CH2+]C(C)(C)c1ccc([I+]c2ccc(Oc3cc(I)c(OCC(=O)OC4(C)C5CC6CC(C5)CC4C6)cc3I)cc2C)cc1.[Cl-]. The van der Waals surface area contributed by atoms with Gasteiger partial charge >= 0.3 is 102 Å². The van der Waals surface area contributed by atoms with Gasteiger partial charge in [0.1, 0.15) is 88.7 Å². The fourth-order valence-electron chi connectivity index (χ4n) is 26.4. The number of carbonyl (C=O) groups excluding carboxylic acids is 4. The van der Waals surface area contributed by atoms with E-state index in [1.54, 1.807) is 4.90 Å². The first kappa shape index (κ1) is 118. The molecule has 0 amide bonds. The number of ether oxygens (including phenoxy) is 12. The number of carbonyl (C=O) groups is 4. The molecule has 17 nitrogen and oxygen atoms in total. The Labute approximate surface area is 942 Å². The smallest absolute Gasteiger partial charge is 0.377 e. The first-order chi connectivity index (χ1) is 68.7. The molecule has 16 aliphatic carbocycles. The summed E-state index contributed by atoms with van der Waals surface area (Å²) >= 11 is 8.50. The molecule has 6 aromatic carbocycles. The molecular weight excluding hydrogens is 2640 g/mol. The van der Waals surface area contributed by atoms with Crippen molar-refractivity contribution in [1.29, 1.82) is 0 Å². The van der Waals surface area contributed by atoms with Crippen LogP contribution in [0.25, 0.3) is 0 Å². The van der Waals surface area contributed by atoms with Crippen LogP contribution in [0.4, 0.5) is 52.7 Å². The van der Waals surface area contributed by atoms with Crippen LogP contribution in [0.1, 0.15) is 234 Å². The van der Waals surface area contributed by atoms with Gasteiger partial charge in [-0.1, -0.05) is 32.9 Å². The Kier molecular flexibility index (Phi) is 36.1. The molecule has 148 heavy (non-hydrogen) atoms. The Hall–Kier alpha value is -4.10. The van der Waals surface area contributed by atoms with Crippen molar-refractivity contribution < 1.29 is 188 Å². The number of rotatable bonds is 24. The maximum atomic E-state index is 13.7. The van der Waals surface area contributed by atoms with Crippen LogP contribution < -0.4 is 78.7 Å². The highest BCUT2D eigenvalue weighted by Crippen LogP contribution is 2.68. The second kappa shape index (κ2) is 45.3. The number of nitrogens with one attached hydrogen (secondary N) is 1. The molecule has 4 atom stereocenters. The van der Waals surface area contributed by atoms with Crippen LogP contribution in [0.15, 0.2) is 109 Å². The number of quaternary nitrogens is 1. The lowest BCUT2D eigenvalue weighted by Gasteiger charge is -2.63. The molecule has 24 rings (SSSR count). The fraction of sp³-hybridized carbons (Fsp3) is 0.634. The van der Waals surface area contributed by atoms with Crippen molar-refractivity contribution in [3.8, 4) is 34.5 Å². The molecule has 1 N–H and O–H groups in total. The number of alkyl halides is 12. The van der Waals surface area contributed by atoms with E-state index >= 15 is 0 Å². The molecule has 36 heteroatoms. The monoisotopic (exact) mass is 2770 g/mol. The van der Waals surface area contributed by atoms with Crippen molar-refractivity contribution in [3.63, 3.8) is 0 Å². The largest absolute Gasteiger partial charge is 1.00 e. The van der Waals surface area contributed by atoms with Gasteiger partial charge in [0.15, 0.2) is 39.1 Å². The zero-order valence-electron chi connectivity index (χ0n) is 85.9. The number of hydrogen-bond acceptors (Lipinski definition) is 16. The van der Waals surface area contributed by atoms with Crippen molar-refractivity contribution in [2.75, 3.05) is 59.3 Å². The average Bonchev–Trinajstić information content (AvgIpc) is 1.13. The second-order valence-electron chi connectivity index (χ2n) is 46.1. The molecule has 814 valence electrons. The van der Waals surface area contributed by atoms with Crippen LogP contribution in [0.3, 0.4) is 0 Å². The second-order valence-corrected chi connectivity index (χ2v) is 56.7. The predicted molar refractivity (Wildman–Crippen MR) is 553 cm³/mol. The molecule has 18 aliphatic rings. The highest BCUT2D eigenvalue weighted by atomic mass is 127. The molecule has 2 heterocycles. The van der Waals surface area contributed by atoms with E-state index in [-0.39, 0.29) is 140 Å². The van der Waals surface area contributed by atoms with Crippen LogP contribution in [0.5, 0.6) is 34.5 Å². The maximum absolute atomic E-state index is 13.7. The molecule has 4 unspecified atom stereocenters. The molecule has 18 fully saturated rings. The number of esters is 4. The molecule has 16 bridgehead atoms. The lowest BCUT2D eigenvalue weighted by molar-refractivity contribution is -0.894. The first-order valence-electron chi connectivity index (χ1n) is 51.4. The third-order valence-corrected chi connectivity index (χ3v) is 43.3. The zero-order valence-corrected chi connectivity index (χ0v) is 99.6. The Morgan fingerprint density at radius 1 is 0.392 bits per heavy atom. The quantitative estimate of drug-likeness (QED) is 0.0198. The minimum atomic E-state index is -4.36. The third kappa shape index (κ3) is 25.9. The Morgan fingerprint density at radius 2 is 0.676 bits per heavy atom. The van der Waals surface area contributed by atoms with Gasteiger partial charge in [-0.05, 0) is 448 Å². The van der Waals surface area contributed by atoms with Crippen molar-refractivity contribution >= 4 is 114 Å². The van der Waals surface area contributed by atoms with E-state index in [0.717, 1.165) is 61.0 Å². The van der Waals surface area contributed by atoms with Gasteiger partial charge in [-0.15, -0.1) is 0 Å². The van der Waals surface area contributed by atoms with Gasteiger partial charge in [-0.25, -0.2) is 19.2 Å². The first-order valence-corrected chi connectivity index (χ1v) is 60.0. The third-order valence-electron chi connectivity index (χ3n) is 33.7. The highest BCUT2D eigenvalue weighted by molar-refractivity contribution is 14.1. The van der Waals surface area contributed by atoms with E-state index in [2.05, 4.69) is 265 Å². The van der Waals surface area contributed by atoms with E-state index in [1.165, 1.54) is 120 Å². The van der Waals surface area contributed by atoms with E-state index in [4.69, 9.17) is 56.8 Å². The summed E-state index contributed by atoms with van der Waals surface area (Å²) in [5.41, 5.74) is 2.24. The Balaban J connectivity index is 0.000000147. The normalized spacial score (nSPS) is 30.6. The van der Waals surface area contributed by atoms with Crippen LogP contribution in [-0.2, 0) is 67.9 Å². The summed E-state index contributed by atoms with van der Waals surface area (Å²) in [4.78, 5) is 51.0. The van der Waals surface area contributed by atoms with Gasteiger partial charge < -0.3 is 74.1 Å². The summed E-state index contributed by atoms with van der Waals surface area (Å²) in [7, 11) is 0. The maximum Gasteiger partial charge on any atom is 0.377 e. The number of halogens is 19. The standard InChI is InChI=1S/C36H40I3O4.C36H39I3O4.2C17H20F6O4.C6H15N.ClH/c2*1-21-12-28(10-11-31(21)39-27-8-6-24(7-9-27)35(2,3)4)42-33-19-29(37)32(18-30(33)38)41-20-34(40)43-36(5)25-14-22-13-23(16-25)17-26(36)15-22;2*1-13(18,19)12(24)27-14-4-9-2-10(5-14)17(11(3-9)6-14)25-7-15(20,21)16(22,23)8-26-17;1-4-7(5-2)6-3;/h6-12,18-19,22-23,25-26H,13-17,20H2,1-5H3;6-12,18-19,22-23,25-26H,2,13-17,20H2,1,3-5H3;2*9-11H,2-8H2,1H3;4-6H2,1-3H3;1H/q+1;+2;;;;. The molecule has 0 aromatic heterocycles. The Morgan fingerprint density at radius 3 is 0.946 bits per heavy atom. The summed E-state index contributed by atoms with van der Waals surface area (Å²) in [6.45, 7) is 29.3. The number of hydrogen-bond donors (Lipinski definition) is 1. The van der Waals surface area contributed by atoms with Gasteiger partial charge in [-0.3, -0.25) is 0 Å². The molecule has 2 aliphatic heterocycles. The number of aryl methyl sites for hydroxylation is 2. The highest BCUT2D eigenvalue weighted by Gasteiger charge is 2.73. The van der Waals surface area contributed by atoms with E-state index < -0.39 is 120 Å². The average molecular weight is 2780 g/mol. The van der Waals surface area contributed by atoms with E-state index in [9.17, 15) is 71.9 Å². The van der Waals surface area contributed by atoms with E-state index in [1.807, 2.05) is 24.3 Å². The van der Waals surface area contributed by atoms with Gasteiger partial charge in [0.05, 0.1) is 40.8 Å². The summed E-state index contributed by atoms with van der Waals surface area (Å²) in [5, 5.41) is 0. The summed E-state index contributed by atoms with van der Waals surface area (Å²) in [6, 6.07) is 38.7. The van der Waals surface area contributed by atoms with Crippen LogP contribution in [-0.4, -0.2) is 153 Å². The molecule has 2 spiro atoms. The van der Waals surface area contributed by atoms with Gasteiger partial charge in [0.2, 0.25) is 0 Å². The fourth-order valence-corrected chi connectivity index (χ4v) is 33.3.